The van der Waals surface area contributed by atoms with Crippen molar-refractivity contribution in [3.05, 3.63) is 11.4 Å². The molecule has 104 valence electrons. The average Bonchev–Trinajstić information content (AvgIpc) is 2.92. The standard InChI is InChI=1S/C12H18N4O3/c1-7-9(8(2)16-15-7)13-11(19)14-12(10(17)18)5-3-4-6-12/h3-6H2,1-2H3,(H,15,16)(H,17,18)(H2,13,14,19). The van der Waals surface area contributed by atoms with E-state index in [1.807, 2.05) is 0 Å². The molecule has 7 heteroatoms. The highest BCUT2D eigenvalue weighted by Gasteiger charge is 2.42. The number of carboxylic acid groups (broad SMARTS) is 1. The van der Waals surface area contributed by atoms with Crippen LogP contribution in [0.4, 0.5) is 10.5 Å². The van der Waals surface area contributed by atoms with Gasteiger partial charge in [0.25, 0.3) is 0 Å². The number of anilines is 1. The van der Waals surface area contributed by atoms with Crippen LogP contribution in [0.1, 0.15) is 37.1 Å². The molecule has 0 radical (unpaired) electrons. The van der Waals surface area contributed by atoms with Gasteiger partial charge in [-0.2, -0.15) is 5.10 Å². The number of carboxylic acids is 1. The number of aryl methyl sites for hydroxylation is 2. The fourth-order valence-corrected chi connectivity index (χ4v) is 2.47. The minimum absolute atomic E-state index is 0.471. The Bertz CT molecular complexity index is 484. The van der Waals surface area contributed by atoms with E-state index in [4.69, 9.17) is 0 Å². The SMILES string of the molecule is Cc1n[nH]c(C)c1NC(=O)NC1(C(=O)O)CCCC1. The van der Waals surface area contributed by atoms with Gasteiger partial charge < -0.3 is 15.7 Å². The van der Waals surface area contributed by atoms with Gasteiger partial charge in [0.2, 0.25) is 0 Å². The number of carbonyl (C=O) groups is 2. The summed E-state index contributed by atoms with van der Waals surface area (Å²) in [5, 5.41) is 21.3. The monoisotopic (exact) mass is 266 g/mol. The predicted molar refractivity (Wildman–Crippen MR) is 69.1 cm³/mol. The van der Waals surface area contributed by atoms with Gasteiger partial charge in [-0.15, -0.1) is 0 Å². The zero-order valence-corrected chi connectivity index (χ0v) is 11.0. The predicted octanol–water partition coefficient (Wildman–Crippen LogP) is 1.55. The third kappa shape index (κ3) is 2.54. The van der Waals surface area contributed by atoms with E-state index in [9.17, 15) is 14.7 Å². The van der Waals surface area contributed by atoms with Crippen LogP contribution in [0, 0.1) is 13.8 Å². The van der Waals surface area contributed by atoms with Crippen LogP contribution in [0.25, 0.3) is 0 Å². The molecule has 0 spiro atoms. The Morgan fingerprint density at radius 1 is 1.32 bits per heavy atom. The van der Waals surface area contributed by atoms with Crippen molar-refractivity contribution in [1.29, 1.82) is 0 Å². The van der Waals surface area contributed by atoms with Crippen molar-refractivity contribution in [1.82, 2.24) is 15.5 Å². The molecule has 1 aliphatic carbocycles. The van der Waals surface area contributed by atoms with Crippen molar-refractivity contribution >= 4 is 17.7 Å². The molecule has 0 bridgehead atoms. The summed E-state index contributed by atoms with van der Waals surface area (Å²) in [6.07, 6.45) is 2.57. The van der Waals surface area contributed by atoms with Gasteiger partial charge in [0.05, 0.1) is 17.1 Å². The highest BCUT2D eigenvalue weighted by atomic mass is 16.4. The summed E-state index contributed by atoms with van der Waals surface area (Å²) in [6, 6.07) is -0.503. The van der Waals surface area contributed by atoms with Crippen molar-refractivity contribution in [2.24, 2.45) is 0 Å². The number of amides is 2. The fourth-order valence-electron chi connectivity index (χ4n) is 2.47. The number of nitrogens with zero attached hydrogens (tertiary/aromatic N) is 1. The van der Waals surface area contributed by atoms with Gasteiger partial charge in [-0.25, -0.2) is 9.59 Å². The van der Waals surface area contributed by atoms with E-state index in [-0.39, 0.29) is 0 Å². The van der Waals surface area contributed by atoms with Gasteiger partial charge in [0.15, 0.2) is 0 Å². The Morgan fingerprint density at radius 2 is 1.95 bits per heavy atom. The molecule has 0 aromatic carbocycles. The van der Waals surface area contributed by atoms with Crippen molar-refractivity contribution in [2.75, 3.05) is 5.32 Å². The third-order valence-corrected chi connectivity index (χ3v) is 3.59. The molecule has 1 aromatic rings. The summed E-state index contributed by atoms with van der Waals surface area (Å²) in [5.41, 5.74) is 0.873. The lowest BCUT2D eigenvalue weighted by Gasteiger charge is -2.25. The van der Waals surface area contributed by atoms with Crippen molar-refractivity contribution in [3.63, 3.8) is 0 Å². The lowest BCUT2D eigenvalue weighted by molar-refractivity contribution is -0.144. The van der Waals surface area contributed by atoms with Crippen LogP contribution in [-0.2, 0) is 4.79 Å². The van der Waals surface area contributed by atoms with Crippen LogP contribution >= 0.6 is 0 Å². The molecule has 19 heavy (non-hydrogen) atoms. The summed E-state index contributed by atoms with van der Waals surface area (Å²) in [4.78, 5) is 23.3. The Hall–Kier alpha value is -2.05. The topological polar surface area (TPSA) is 107 Å². The van der Waals surface area contributed by atoms with Crippen molar-refractivity contribution in [2.45, 2.75) is 45.1 Å². The van der Waals surface area contributed by atoms with Crippen molar-refractivity contribution < 1.29 is 14.7 Å². The van der Waals surface area contributed by atoms with E-state index in [0.717, 1.165) is 18.5 Å². The molecule has 0 atom stereocenters. The van der Waals surface area contributed by atoms with E-state index >= 15 is 0 Å². The van der Waals surface area contributed by atoms with Crippen LogP contribution in [0.15, 0.2) is 0 Å². The Labute approximate surface area is 110 Å². The first kappa shape index (κ1) is 13.4. The molecule has 1 aromatic heterocycles. The van der Waals surface area contributed by atoms with Gasteiger partial charge in [0.1, 0.15) is 5.54 Å². The van der Waals surface area contributed by atoms with Gasteiger partial charge in [-0.3, -0.25) is 5.10 Å². The summed E-state index contributed by atoms with van der Waals surface area (Å²) in [7, 11) is 0. The van der Waals surface area contributed by atoms with E-state index in [1.165, 1.54) is 0 Å². The summed E-state index contributed by atoms with van der Waals surface area (Å²) in [5.74, 6) is -0.971. The second-order valence-corrected chi connectivity index (χ2v) is 4.98. The molecule has 1 fully saturated rings. The minimum atomic E-state index is -1.13. The highest BCUT2D eigenvalue weighted by Crippen LogP contribution is 2.30. The van der Waals surface area contributed by atoms with Crippen LogP contribution < -0.4 is 10.6 Å². The largest absolute Gasteiger partial charge is 0.480 e. The Balaban J connectivity index is 2.07. The summed E-state index contributed by atoms with van der Waals surface area (Å²) < 4.78 is 0. The Kier molecular flexibility index (Phi) is 3.46. The van der Waals surface area contributed by atoms with Gasteiger partial charge in [0, 0.05) is 0 Å². The first-order chi connectivity index (χ1) is 8.94. The average molecular weight is 266 g/mol. The van der Waals surface area contributed by atoms with Gasteiger partial charge >= 0.3 is 12.0 Å². The van der Waals surface area contributed by atoms with Crippen molar-refractivity contribution in [3.8, 4) is 0 Å². The molecule has 4 N–H and O–H groups in total. The number of aromatic amines is 1. The molecular weight excluding hydrogens is 248 g/mol. The maximum absolute atomic E-state index is 12.0. The zero-order chi connectivity index (χ0) is 14.0. The quantitative estimate of drug-likeness (QED) is 0.665. The lowest BCUT2D eigenvalue weighted by Crippen LogP contribution is -2.53. The maximum atomic E-state index is 12.0. The fraction of sp³-hybridized carbons (Fsp3) is 0.583. The molecule has 0 unspecified atom stereocenters. The number of aliphatic carboxylic acids is 1. The number of aromatic nitrogens is 2. The first-order valence-corrected chi connectivity index (χ1v) is 6.29. The number of urea groups is 1. The molecule has 2 rings (SSSR count). The zero-order valence-electron chi connectivity index (χ0n) is 11.0. The van der Waals surface area contributed by atoms with E-state index in [2.05, 4.69) is 20.8 Å². The molecule has 0 saturated heterocycles. The van der Waals surface area contributed by atoms with Crippen LogP contribution in [0.5, 0.6) is 0 Å². The third-order valence-electron chi connectivity index (χ3n) is 3.59. The molecule has 7 nitrogen and oxygen atoms in total. The maximum Gasteiger partial charge on any atom is 0.329 e. The smallest absolute Gasteiger partial charge is 0.329 e. The number of rotatable bonds is 3. The highest BCUT2D eigenvalue weighted by molar-refractivity contribution is 5.94. The van der Waals surface area contributed by atoms with E-state index < -0.39 is 17.5 Å². The molecule has 2 amide bonds. The van der Waals surface area contributed by atoms with Gasteiger partial charge in [-0.1, -0.05) is 12.8 Å². The molecule has 1 aliphatic rings. The van der Waals surface area contributed by atoms with Crippen LogP contribution in [-0.4, -0.2) is 32.8 Å². The Morgan fingerprint density at radius 3 is 2.42 bits per heavy atom. The number of H-pyrrole nitrogens is 1. The number of hydrogen-bond donors (Lipinski definition) is 4. The molecule has 1 heterocycles. The normalized spacial score (nSPS) is 17.2. The second-order valence-electron chi connectivity index (χ2n) is 4.98. The number of carbonyl (C=O) groups excluding carboxylic acids is 1. The number of nitrogens with one attached hydrogen (secondary N) is 3. The molecule has 0 aliphatic heterocycles. The van der Waals surface area contributed by atoms with Gasteiger partial charge in [-0.05, 0) is 26.7 Å². The van der Waals surface area contributed by atoms with E-state index in [0.29, 0.717) is 24.2 Å². The first-order valence-electron chi connectivity index (χ1n) is 6.29. The molecular formula is C12H18N4O3. The van der Waals surface area contributed by atoms with Crippen LogP contribution in [0.3, 0.4) is 0 Å². The lowest BCUT2D eigenvalue weighted by atomic mass is 9.98. The minimum Gasteiger partial charge on any atom is -0.480 e. The van der Waals surface area contributed by atoms with E-state index in [1.54, 1.807) is 13.8 Å². The number of hydrogen-bond acceptors (Lipinski definition) is 3. The summed E-state index contributed by atoms with van der Waals surface area (Å²) in [6.45, 7) is 3.56. The second kappa shape index (κ2) is 4.91. The summed E-state index contributed by atoms with van der Waals surface area (Å²) >= 11 is 0. The molecule has 1 saturated carbocycles. The van der Waals surface area contributed by atoms with Crippen LogP contribution in [0.2, 0.25) is 0 Å².